The van der Waals surface area contributed by atoms with E-state index in [0.717, 1.165) is 19.5 Å². The first-order valence-corrected chi connectivity index (χ1v) is 9.37. The van der Waals surface area contributed by atoms with Gasteiger partial charge in [-0.05, 0) is 44.5 Å². The summed E-state index contributed by atoms with van der Waals surface area (Å²) in [5.74, 6) is 0.406. The molecular weight excluding hydrogens is 321 g/mol. The predicted octanol–water partition coefficient (Wildman–Crippen LogP) is 1.63. The van der Waals surface area contributed by atoms with Gasteiger partial charge >= 0.3 is 0 Å². The minimum absolute atomic E-state index is 0.0901. The SMILES string of the molecule is O=C([C@H]1C[C@H](Oc2cccc(F)c2)CN1)N1CCC(N2CCCC2)C1. The maximum Gasteiger partial charge on any atom is 0.239 e. The van der Waals surface area contributed by atoms with Crippen molar-refractivity contribution in [3.8, 4) is 5.75 Å². The zero-order valence-corrected chi connectivity index (χ0v) is 14.5. The maximum atomic E-state index is 13.3. The van der Waals surface area contributed by atoms with Crippen LogP contribution in [0.1, 0.15) is 25.7 Å². The molecule has 6 heteroatoms. The van der Waals surface area contributed by atoms with Gasteiger partial charge in [-0.3, -0.25) is 9.69 Å². The van der Waals surface area contributed by atoms with Crippen LogP contribution >= 0.6 is 0 Å². The van der Waals surface area contributed by atoms with Gasteiger partial charge in [0.1, 0.15) is 17.7 Å². The van der Waals surface area contributed by atoms with Crippen molar-refractivity contribution in [1.29, 1.82) is 0 Å². The molecule has 136 valence electrons. The number of halogens is 1. The summed E-state index contributed by atoms with van der Waals surface area (Å²) in [4.78, 5) is 17.3. The van der Waals surface area contributed by atoms with Crippen LogP contribution in [-0.2, 0) is 4.79 Å². The first kappa shape index (κ1) is 16.8. The van der Waals surface area contributed by atoms with Crippen molar-refractivity contribution in [2.75, 3.05) is 32.7 Å². The van der Waals surface area contributed by atoms with Gasteiger partial charge < -0.3 is 15.0 Å². The van der Waals surface area contributed by atoms with Gasteiger partial charge in [0.2, 0.25) is 5.91 Å². The van der Waals surface area contributed by atoms with Gasteiger partial charge in [0.25, 0.3) is 0 Å². The lowest BCUT2D eigenvalue weighted by Gasteiger charge is -2.25. The first-order chi connectivity index (χ1) is 12.2. The van der Waals surface area contributed by atoms with E-state index in [9.17, 15) is 9.18 Å². The molecule has 3 fully saturated rings. The number of rotatable bonds is 4. The Hall–Kier alpha value is -1.66. The summed E-state index contributed by atoms with van der Waals surface area (Å²) in [6.45, 7) is 4.69. The summed E-state index contributed by atoms with van der Waals surface area (Å²) in [6, 6.07) is 6.52. The van der Waals surface area contributed by atoms with Gasteiger partial charge in [0.15, 0.2) is 0 Å². The molecule has 3 aliphatic rings. The fourth-order valence-electron chi connectivity index (χ4n) is 4.28. The van der Waals surface area contributed by atoms with Crippen LogP contribution in [-0.4, -0.2) is 66.6 Å². The Balaban J connectivity index is 1.29. The van der Waals surface area contributed by atoms with Crippen LogP contribution in [0.2, 0.25) is 0 Å². The fraction of sp³-hybridized carbons (Fsp3) is 0.632. The van der Waals surface area contributed by atoms with Crippen LogP contribution < -0.4 is 10.1 Å². The van der Waals surface area contributed by atoms with E-state index >= 15 is 0 Å². The number of carbonyl (C=O) groups excluding carboxylic acids is 1. The van der Waals surface area contributed by atoms with E-state index in [1.165, 1.54) is 38.1 Å². The van der Waals surface area contributed by atoms with Gasteiger partial charge in [-0.25, -0.2) is 4.39 Å². The quantitative estimate of drug-likeness (QED) is 0.899. The summed E-state index contributed by atoms with van der Waals surface area (Å²) in [7, 11) is 0. The number of carbonyl (C=O) groups is 1. The minimum Gasteiger partial charge on any atom is -0.489 e. The maximum absolute atomic E-state index is 13.3. The van der Waals surface area contributed by atoms with E-state index < -0.39 is 0 Å². The average Bonchev–Trinajstić information content (AvgIpc) is 3.35. The molecular formula is C19H26FN3O2. The largest absolute Gasteiger partial charge is 0.489 e. The van der Waals surface area contributed by atoms with Crippen molar-refractivity contribution in [3.63, 3.8) is 0 Å². The number of hydrogen-bond acceptors (Lipinski definition) is 4. The van der Waals surface area contributed by atoms with E-state index in [1.54, 1.807) is 12.1 Å². The van der Waals surface area contributed by atoms with Gasteiger partial charge in [0.05, 0.1) is 6.04 Å². The lowest BCUT2D eigenvalue weighted by atomic mass is 10.2. The lowest BCUT2D eigenvalue weighted by Crippen LogP contribution is -2.44. The molecule has 3 saturated heterocycles. The molecule has 1 N–H and O–H groups in total. The van der Waals surface area contributed by atoms with Crippen molar-refractivity contribution < 1.29 is 13.9 Å². The van der Waals surface area contributed by atoms with E-state index in [0.29, 0.717) is 24.8 Å². The Bertz CT molecular complexity index is 620. The molecule has 3 atom stereocenters. The smallest absolute Gasteiger partial charge is 0.239 e. The first-order valence-electron chi connectivity index (χ1n) is 9.37. The zero-order chi connectivity index (χ0) is 17.2. The Morgan fingerprint density at radius 1 is 1.24 bits per heavy atom. The van der Waals surface area contributed by atoms with Crippen LogP contribution in [0.4, 0.5) is 4.39 Å². The second-order valence-electron chi connectivity index (χ2n) is 7.36. The molecule has 3 aliphatic heterocycles. The molecule has 3 heterocycles. The van der Waals surface area contributed by atoms with Crippen molar-refractivity contribution in [2.45, 2.75) is 43.9 Å². The highest BCUT2D eigenvalue weighted by Crippen LogP contribution is 2.23. The van der Waals surface area contributed by atoms with Crippen LogP contribution in [0, 0.1) is 5.82 Å². The number of likely N-dealkylation sites (tertiary alicyclic amines) is 2. The van der Waals surface area contributed by atoms with E-state index in [2.05, 4.69) is 10.2 Å². The van der Waals surface area contributed by atoms with Crippen LogP contribution in [0.15, 0.2) is 24.3 Å². The Labute approximate surface area is 148 Å². The Morgan fingerprint density at radius 3 is 2.88 bits per heavy atom. The third-order valence-corrected chi connectivity index (χ3v) is 5.62. The van der Waals surface area contributed by atoms with Crippen LogP contribution in [0.25, 0.3) is 0 Å². The highest BCUT2D eigenvalue weighted by Gasteiger charge is 2.37. The topological polar surface area (TPSA) is 44.8 Å². The number of benzene rings is 1. The molecule has 1 unspecified atom stereocenters. The standard InChI is InChI=1S/C19H26FN3O2/c20-14-4-3-5-16(10-14)25-17-11-18(21-12-17)19(24)23-9-6-15(13-23)22-7-1-2-8-22/h3-5,10,15,17-18,21H,1-2,6-9,11-13H2/t15?,17-,18+/m0/s1. The van der Waals surface area contributed by atoms with Crippen molar-refractivity contribution in [3.05, 3.63) is 30.1 Å². The van der Waals surface area contributed by atoms with Gasteiger partial charge in [-0.1, -0.05) is 6.07 Å². The number of nitrogens with zero attached hydrogens (tertiary/aromatic N) is 2. The van der Waals surface area contributed by atoms with Crippen molar-refractivity contribution >= 4 is 5.91 Å². The third kappa shape index (κ3) is 3.80. The molecule has 1 amide bonds. The Morgan fingerprint density at radius 2 is 2.08 bits per heavy atom. The van der Waals surface area contributed by atoms with Gasteiger partial charge in [-0.15, -0.1) is 0 Å². The summed E-state index contributed by atoms with van der Waals surface area (Å²) in [6.07, 6.45) is 4.20. The van der Waals surface area contributed by atoms with Crippen molar-refractivity contribution in [2.24, 2.45) is 0 Å². The number of ether oxygens (including phenoxy) is 1. The second kappa shape index (κ2) is 7.30. The highest BCUT2D eigenvalue weighted by molar-refractivity contribution is 5.82. The fourth-order valence-corrected chi connectivity index (χ4v) is 4.28. The second-order valence-corrected chi connectivity index (χ2v) is 7.36. The van der Waals surface area contributed by atoms with Crippen LogP contribution in [0.3, 0.4) is 0 Å². The molecule has 0 aliphatic carbocycles. The molecule has 1 aromatic carbocycles. The molecule has 5 nitrogen and oxygen atoms in total. The van der Waals surface area contributed by atoms with Crippen molar-refractivity contribution in [1.82, 2.24) is 15.1 Å². The lowest BCUT2D eigenvalue weighted by molar-refractivity contribution is -0.132. The van der Waals surface area contributed by atoms with E-state index in [1.807, 2.05) is 4.90 Å². The predicted molar refractivity (Wildman–Crippen MR) is 93.0 cm³/mol. The molecule has 0 aromatic heterocycles. The monoisotopic (exact) mass is 347 g/mol. The number of nitrogens with one attached hydrogen (secondary N) is 1. The van der Waals surface area contributed by atoms with E-state index in [4.69, 9.17) is 4.74 Å². The highest BCUT2D eigenvalue weighted by atomic mass is 19.1. The molecule has 1 aromatic rings. The van der Waals surface area contributed by atoms with Crippen LogP contribution in [0.5, 0.6) is 5.75 Å². The summed E-state index contributed by atoms with van der Waals surface area (Å²) < 4.78 is 19.1. The molecule has 0 spiro atoms. The van der Waals surface area contributed by atoms with Gasteiger partial charge in [-0.2, -0.15) is 0 Å². The van der Waals surface area contributed by atoms with Gasteiger partial charge in [0, 0.05) is 38.2 Å². The summed E-state index contributed by atoms with van der Waals surface area (Å²) >= 11 is 0. The normalized spacial score (nSPS) is 30.1. The number of hydrogen-bond donors (Lipinski definition) is 1. The van der Waals surface area contributed by atoms with E-state index in [-0.39, 0.29) is 23.9 Å². The molecule has 0 saturated carbocycles. The molecule has 4 rings (SSSR count). The number of amides is 1. The summed E-state index contributed by atoms with van der Waals surface area (Å²) in [5.41, 5.74) is 0. The summed E-state index contributed by atoms with van der Waals surface area (Å²) in [5, 5.41) is 3.28. The minimum atomic E-state index is -0.305. The third-order valence-electron chi connectivity index (χ3n) is 5.62. The Kier molecular flexibility index (Phi) is 4.90. The molecule has 25 heavy (non-hydrogen) atoms. The molecule has 0 bridgehead atoms. The average molecular weight is 347 g/mol. The zero-order valence-electron chi connectivity index (χ0n) is 14.5. The molecule has 0 radical (unpaired) electrons.